The summed E-state index contributed by atoms with van der Waals surface area (Å²) in [6.07, 6.45) is 3.40. The third kappa shape index (κ3) is 2.92. The maximum Gasteiger partial charge on any atom is 0.0890 e. The second-order valence-electron chi connectivity index (χ2n) is 3.93. The predicted octanol–water partition coefficient (Wildman–Crippen LogP) is 2.91. The molecule has 4 nitrogen and oxygen atoms in total. The summed E-state index contributed by atoms with van der Waals surface area (Å²) in [5.41, 5.74) is 2.70. The van der Waals surface area contributed by atoms with Gasteiger partial charge < -0.3 is 10.3 Å². The second-order valence-corrected chi connectivity index (χ2v) is 4.33. The van der Waals surface area contributed by atoms with E-state index < -0.39 is 0 Å². The fourth-order valence-electron chi connectivity index (χ4n) is 1.86. The number of hydrogen-bond acceptors (Lipinski definition) is 3. The first-order valence-electron chi connectivity index (χ1n) is 5.85. The number of para-hydroxylation sites is 1. The third-order valence-corrected chi connectivity index (χ3v) is 2.95. The fourth-order valence-corrected chi connectivity index (χ4v) is 2.09. The molecule has 0 saturated carbocycles. The zero-order chi connectivity index (χ0) is 13.7. The van der Waals surface area contributed by atoms with E-state index >= 15 is 0 Å². The number of aliphatic imine (C=N–C) groups is 2. The molecule has 0 saturated heterocycles. The maximum atomic E-state index is 6.23. The van der Waals surface area contributed by atoms with Crippen molar-refractivity contribution in [3.63, 3.8) is 0 Å². The van der Waals surface area contributed by atoms with Crippen LogP contribution in [0.3, 0.4) is 0 Å². The number of benzene rings is 1. The first-order chi connectivity index (χ1) is 9.27. The van der Waals surface area contributed by atoms with Crippen molar-refractivity contribution in [1.29, 1.82) is 0 Å². The minimum Gasteiger partial charge on any atom is -0.360 e. The minimum absolute atomic E-state index is 0.468. The van der Waals surface area contributed by atoms with Crippen LogP contribution in [-0.4, -0.2) is 31.1 Å². The lowest BCUT2D eigenvalue weighted by Gasteiger charge is -2.04. The van der Waals surface area contributed by atoms with E-state index in [9.17, 15) is 0 Å². The number of aromatic nitrogens is 1. The van der Waals surface area contributed by atoms with Crippen molar-refractivity contribution in [2.24, 2.45) is 9.98 Å². The summed E-state index contributed by atoms with van der Waals surface area (Å²) in [6, 6.07) is 8.01. The summed E-state index contributed by atoms with van der Waals surface area (Å²) in [5, 5.41) is 4.52. The molecule has 0 fully saturated rings. The Hall–Kier alpha value is -1.91. The van der Waals surface area contributed by atoms with Gasteiger partial charge in [-0.15, -0.1) is 0 Å². The Morgan fingerprint density at radius 3 is 3.00 bits per heavy atom. The van der Waals surface area contributed by atoms with Gasteiger partial charge in [-0.05, 0) is 19.8 Å². The summed E-state index contributed by atoms with van der Waals surface area (Å²) in [5.74, 6) is 0. The highest BCUT2D eigenvalue weighted by Gasteiger charge is 2.12. The van der Waals surface area contributed by atoms with Gasteiger partial charge in [0.15, 0.2) is 0 Å². The Morgan fingerprint density at radius 2 is 2.26 bits per heavy atom. The number of nitrogens with one attached hydrogen (secondary N) is 2. The lowest BCUT2D eigenvalue weighted by Crippen LogP contribution is -2.10. The maximum absolute atomic E-state index is 6.23. The first-order valence-corrected chi connectivity index (χ1v) is 6.23. The molecule has 1 aromatic carbocycles. The number of allylic oxidation sites excluding steroid dienone is 1. The molecule has 0 spiro atoms. The zero-order valence-corrected chi connectivity index (χ0v) is 11.4. The Bertz CT molecular complexity index is 640. The van der Waals surface area contributed by atoms with Gasteiger partial charge in [-0.1, -0.05) is 29.8 Å². The highest BCUT2D eigenvalue weighted by molar-refractivity contribution is 6.47. The summed E-state index contributed by atoms with van der Waals surface area (Å²) >= 11 is 6.23. The summed E-state index contributed by atoms with van der Waals surface area (Å²) in [4.78, 5) is 11.4. The van der Waals surface area contributed by atoms with E-state index in [1.165, 1.54) is 6.20 Å². The highest BCUT2D eigenvalue weighted by Crippen LogP contribution is 2.22. The largest absolute Gasteiger partial charge is 0.360 e. The Balaban J connectivity index is 2.55. The second kappa shape index (κ2) is 6.31. The van der Waals surface area contributed by atoms with Crippen molar-refractivity contribution < 1.29 is 0 Å². The van der Waals surface area contributed by atoms with Gasteiger partial charge >= 0.3 is 0 Å². The number of rotatable bonds is 5. The summed E-state index contributed by atoms with van der Waals surface area (Å²) < 4.78 is 0. The highest BCUT2D eigenvalue weighted by atomic mass is 35.5. The van der Waals surface area contributed by atoms with Crippen LogP contribution >= 0.6 is 11.6 Å². The fraction of sp³-hybridized carbons (Fsp3) is 0.143. The third-order valence-electron chi connectivity index (χ3n) is 2.67. The molecule has 19 heavy (non-hydrogen) atoms. The van der Waals surface area contributed by atoms with E-state index in [-0.39, 0.29) is 0 Å². The minimum atomic E-state index is 0.468. The molecule has 2 N–H and O–H groups in total. The molecule has 5 heteroatoms. The normalized spacial score (nSPS) is 12.9. The molecule has 0 amide bonds. The zero-order valence-electron chi connectivity index (χ0n) is 10.7. The number of hydrogen-bond donors (Lipinski definition) is 2. The molecule has 98 valence electrons. The van der Waals surface area contributed by atoms with E-state index in [0.717, 1.165) is 16.5 Å². The van der Waals surface area contributed by atoms with Crippen molar-refractivity contribution in [3.05, 3.63) is 47.3 Å². The smallest absolute Gasteiger partial charge is 0.0890 e. The lowest BCUT2D eigenvalue weighted by atomic mass is 10.1. The van der Waals surface area contributed by atoms with Crippen LogP contribution in [0.4, 0.5) is 0 Å². The molecule has 0 aliphatic rings. The van der Waals surface area contributed by atoms with Crippen LogP contribution < -0.4 is 5.32 Å². The van der Waals surface area contributed by atoms with Crippen LogP contribution in [0.15, 0.2) is 51.7 Å². The van der Waals surface area contributed by atoms with E-state index in [1.54, 1.807) is 0 Å². The molecule has 0 radical (unpaired) electrons. The molecule has 0 aliphatic heterocycles. The van der Waals surface area contributed by atoms with E-state index in [4.69, 9.17) is 11.6 Å². The van der Waals surface area contributed by atoms with Crippen LogP contribution in [0, 0.1) is 0 Å². The molecule has 0 aliphatic carbocycles. The van der Waals surface area contributed by atoms with Gasteiger partial charge in [0.25, 0.3) is 0 Å². The number of aromatic amines is 1. The number of nitrogens with zero attached hydrogens (tertiary/aromatic N) is 2. The van der Waals surface area contributed by atoms with Gasteiger partial charge in [0, 0.05) is 28.9 Å². The van der Waals surface area contributed by atoms with Crippen LogP contribution in [-0.2, 0) is 0 Å². The standard InChI is InChI=1S/C14H15ClN4/c1-16-8-12(15)14(19-9-17-2)11-7-18-13-6-4-3-5-10(11)13/h3-8,17-18H,1,9H2,2H3/b12-8+,19-14-. The van der Waals surface area contributed by atoms with E-state index in [2.05, 4.69) is 27.0 Å². The average molecular weight is 275 g/mol. The van der Waals surface area contributed by atoms with Gasteiger partial charge in [0.1, 0.15) is 0 Å². The SMILES string of the molecule is C=N/C=C(Cl)\C(=N/CNC)c1c[nH]c2ccccc12. The van der Waals surface area contributed by atoms with Crippen molar-refractivity contribution in [3.8, 4) is 0 Å². The van der Waals surface area contributed by atoms with Gasteiger partial charge in [-0.2, -0.15) is 0 Å². The molecule has 0 unspecified atom stereocenters. The number of H-pyrrole nitrogens is 1. The van der Waals surface area contributed by atoms with Crippen LogP contribution in [0.5, 0.6) is 0 Å². The van der Waals surface area contributed by atoms with Gasteiger partial charge in [0.2, 0.25) is 0 Å². The van der Waals surface area contributed by atoms with Gasteiger partial charge in [-0.25, -0.2) is 0 Å². The quantitative estimate of drug-likeness (QED) is 0.810. The Morgan fingerprint density at radius 1 is 1.47 bits per heavy atom. The topological polar surface area (TPSA) is 52.5 Å². The van der Waals surface area contributed by atoms with Gasteiger partial charge in [0.05, 0.1) is 17.4 Å². The Labute approximate surface area is 116 Å². The number of halogens is 1. The molecular weight excluding hydrogens is 260 g/mol. The summed E-state index contributed by atoms with van der Waals surface area (Å²) in [6.45, 7) is 3.90. The molecule has 1 heterocycles. The first kappa shape index (κ1) is 13.5. The van der Waals surface area contributed by atoms with Crippen molar-refractivity contribution in [2.45, 2.75) is 0 Å². The lowest BCUT2D eigenvalue weighted by molar-refractivity contribution is 0.835. The predicted molar refractivity (Wildman–Crippen MR) is 82.2 cm³/mol. The molecule has 0 atom stereocenters. The van der Waals surface area contributed by atoms with Crippen molar-refractivity contribution >= 4 is 34.9 Å². The molecule has 0 bridgehead atoms. The monoisotopic (exact) mass is 274 g/mol. The Kier molecular flexibility index (Phi) is 4.49. The van der Waals surface area contributed by atoms with Gasteiger partial charge in [-0.3, -0.25) is 9.98 Å². The molecule has 2 rings (SSSR count). The molecule has 2 aromatic rings. The average Bonchev–Trinajstić information content (AvgIpc) is 2.84. The van der Waals surface area contributed by atoms with Crippen molar-refractivity contribution in [1.82, 2.24) is 10.3 Å². The van der Waals surface area contributed by atoms with Crippen LogP contribution in [0.25, 0.3) is 10.9 Å². The summed E-state index contributed by atoms with van der Waals surface area (Å²) in [7, 11) is 1.83. The number of fused-ring (bicyclic) bond motifs is 1. The van der Waals surface area contributed by atoms with E-state index in [0.29, 0.717) is 17.4 Å². The van der Waals surface area contributed by atoms with E-state index in [1.807, 2.05) is 37.5 Å². The molecule has 1 aromatic heterocycles. The molecular formula is C14H15ClN4. The van der Waals surface area contributed by atoms with Crippen LogP contribution in [0.1, 0.15) is 5.56 Å². The van der Waals surface area contributed by atoms with Crippen molar-refractivity contribution in [2.75, 3.05) is 13.7 Å². The van der Waals surface area contributed by atoms with Crippen LogP contribution in [0.2, 0.25) is 0 Å².